The van der Waals surface area contributed by atoms with Crippen LogP contribution in [0.25, 0.3) is 12.4 Å². The van der Waals surface area contributed by atoms with Crippen LogP contribution in [0, 0.1) is 5.82 Å². The summed E-state index contributed by atoms with van der Waals surface area (Å²) in [5.74, 6) is -0.494. The van der Waals surface area contributed by atoms with E-state index >= 15 is 4.39 Å². The summed E-state index contributed by atoms with van der Waals surface area (Å²) in [6, 6.07) is 9.82. The number of halogens is 1. The molecule has 0 radical (unpaired) electrons. The minimum absolute atomic E-state index is 0.0323. The molecule has 0 aromatic heterocycles. The van der Waals surface area contributed by atoms with Crippen LogP contribution in [0.3, 0.4) is 0 Å². The second-order valence-corrected chi connectivity index (χ2v) is 8.38. The number of amides is 2. The Morgan fingerprint density at radius 2 is 1.74 bits per heavy atom. The molecule has 0 aliphatic rings. The molecule has 0 unspecified atom stereocenters. The van der Waals surface area contributed by atoms with E-state index in [0.717, 1.165) is 19.3 Å². The molecule has 0 bridgehead atoms. The molecule has 2 rings (SSSR count). The van der Waals surface area contributed by atoms with Gasteiger partial charge >= 0.3 is 0 Å². The number of carbonyl (C=O) groups excluding carboxylic acids is 2. The van der Waals surface area contributed by atoms with E-state index in [1.165, 1.54) is 6.07 Å². The van der Waals surface area contributed by atoms with Gasteiger partial charge in [-0.1, -0.05) is 26.3 Å². The molecule has 0 fully saturated rings. The molecule has 0 aliphatic carbocycles. The van der Waals surface area contributed by atoms with Crippen molar-refractivity contribution in [3.63, 3.8) is 0 Å². The number of nitrogens with zero attached hydrogens (tertiary/aromatic N) is 1. The Morgan fingerprint density at radius 3 is 2.31 bits per heavy atom. The third kappa shape index (κ3) is 9.23. The lowest BCUT2D eigenvalue weighted by Gasteiger charge is -2.11. The number of hydrogen-bond donors (Lipinski definition) is 3. The minimum Gasteiger partial charge on any atom is -0.493 e. The SMILES string of the molecule is C=c1cc(OCCCCC)cc(F)/c1=C(/N=CC)Nc1ccc(NC(=O)CC(=O)NC(C)C)cc1. The average molecular weight is 483 g/mol. The van der Waals surface area contributed by atoms with Crippen LogP contribution in [0.15, 0.2) is 41.4 Å². The summed E-state index contributed by atoms with van der Waals surface area (Å²) in [6.07, 6.45) is 4.35. The fourth-order valence-corrected chi connectivity index (χ4v) is 3.31. The predicted octanol–water partition coefficient (Wildman–Crippen LogP) is 3.93. The summed E-state index contributed by atoms with van der Waals surface area (Å²) < 4.78 is 20.7. The molecule has 188 valence electrons. The van der Waals surface area contributed by atoms with E-state index in [1.807, 2.05) is 13.8 Å². The number of ether oxygens (including phenoxy) is 1. The Labute approximate surface area is 206 Å². The fourth-order valence-electron chi connectivity index (χ4n) is 3.31. The molecule has 35 heavy (non-hydrogen) atoms. The first-order chi connectivity index (χ1) is 16.7. The van der Waals surface area contributed by atoms with Crippen LogP contribution in [-0.4, -0.2) is 30.7 Å². The smallest absolute Gasteiger partial charge is 0.233 e. The van der Waals surface area contributed by atoms with Gasteiger partial charge in [0.1, 0.15) is 23.8 Å². The number of rotatable bonds is 12. The molecule has 0 heterocycles. The molecule has 0 saturated heterocycles. The number of anilines is 2. The van der Waals surface area contributed by atoms with E-state index in [1.54, 1.807) is 43.5 Å². The average Bonchev–Trinajstić information content (AvgIpc) is 2.77. The van der Waals surface area contributed by atoms with Crippen LogP contribution in [0.5, 0.6) is 5.75 Å². The van der Waals surface area contributed by atoms with Crippen LogP contribution in [-0.2, 0) is 9.59 Å². The van der Waals surface area contributed by atoms with Crippen molar-refractivity contribution in [3.05, 3.63) is 52.7 Å². The number of unbranched alkanes of at least 4 members (excludes halogenated alkanes) is 2. The standard InChI is InChI=1S/C27H35FN4O3/c1-6-8-9-14-35-22-15-19(5)26(23(28)16-22)27(29-7-2)32-21-12-10-20(11-13-21)31-25(34)17-24(33)30-18(3)4/h7,10-13,15-16,18,32H,5-6,8-9,14,17H2,1-4H3,(H,30,33)(H,31,34)/b27-26-,29-7?. The van der Waals surface area contributed by atoms with Crippen molar-refractivity contribution in [2.45, 2.75) is 59.4 Å². The van der Waals surface area contributed by atoms with Gasteiger partial charge in [-0.3, -0.25) is 9.59 Å². The number of aliphatic imine (C=N–C) groups is 1. The fraction of sp³-hybridized carbons (Fsp3) is 0.370. The molecule has 3 N–H and O–H groups in total. The van der Waals surface area contributed by atoms with Gasteiger partial charge in [-0.15, -0.1) is 0 Å². The molecule has 2 aromatic rings. The zero-order valence-electron chi connectivity index (χ0n) is 20.9. The van der Waals surface area contributed by atoms with E-state index in [-0.39, 0.29) is 23.6 Å². The Hall–Kier alpha value is -3.68. The lowest BCUT2D eigenvalue weighted by molar-refractivity contribution is -0.127. The van der Waals surface area contributed by atoms with Crippen molar-refractivity contribution in [1.82, 2.24) is 5.32 Å². The van der Waals surface area contributed by atoms with Gasteiger partial charge in [0, 0.05) is 29.7 Å². The lowest BCUT2D eigenvalue weighted by Crippen LogP contribution is -2.33. The molecule has 8 heteroatoms. The summed E-state index contributed by atoms with van der Waals surface area (Å²) in [5.41, 5.74) is 1.17. The molecule has 0 atom stereocenters. The Balaban J connectivity index is 2.17. The van der Waals surface area contributed by atoms with E-state index in [0.29, 0.717) is 34.8 Å². The highest BCUT2D eigenvalue weighted by atomic mass is 19.1. The van der Waals surface area contributed by atoms with Crippen LogP contribution < -0.4 is 31.1 Å². The van der Waals surface area contributed by atoms with Crippen molar-refractivity contribution in [2.75, 3.05) is 17.2 Å². The van der Waals surface area contributed by atoms with E-state index in [9.17, 15) is 9.59 Å². The van der Waals surface area contributed by atoms with Gasteiger partial charge < -0.3 is 20.7 Å². The molecule has 0 spiro atoms. The summed E-state index contributed by atoms with van der Waals surface area (Å²) in [5, 5.41) is 9.17. The molecule has 2 aromatic carbocycles. The van der Waals surface area contributed by atoms with Crippen LogP contribution in [0.4, 0.5) is 15.8 Å². The molecule has 0 aliphatic heterocycles. The Kier molecular flexibility index (Phi) is 10.9. The highest BCUT2D eigenvalue weighted by molar-refractivity contribution is 6.03. The van der Waals surface area contributed by atoms with Crippen molar-refractivity contribution >= 4 is 41.8 Å². The summed E-state index contributed by atoms with van der Waals surface area (Å²) in [4.78, 5) is 28.1. The number of nitrogens with one attached hydrogen (secondary N) is 3. The van der Waals surface area contributed by atoms with Crippen molar-refractivity contribution in [3.8, 4) is 5.75 Å². The Bertz CT molecular complexity index is 1140. The first-order valence-corrected chi connectivity index (χ1v) is 11.8. The van der Waals surface area contributed by atoms with Gasteiger partial charge in [-0.25, -0.2) is 9.38 Å². The third-order valence-corrected chi connectivity index (χ3v) is 4.86. The van der Waals surface area contributed by atoms with Crippen LogP contribution in [0.2, 0.25) is 0 Å². The van der Waals surface area contributed by atoms with E-state index in [4.69, 9.17) is 4.74 Å². The zero-order chi connectivity index (χ0) is 25.8. The van der Waals surface area contributed by atoms with Gasteiger partial charge in [-0.2, -0.15) is 0 Å². The zero-order valence-corrected chi connectivity index (χ0v) is 20.9. The second-order valence-electron chi connectivity index (χ2n) is 8.38. The van der Waals surface area contributed by atoms with Crippen molar-refractivity contribution in [2.24, 2.45) is 4.99 Å². The topological polar surface area (TPSA) is 91.8 Å². The molecule has 7 nitrogen and oxygen atoms in total. The molecule has 2 amide bonds. The minimum atomic E-state index is -0.486. The summed E-state index contributed by atoms with van der Waals surface area (Å²) >= 11 is 0. The summed E-state index contributed by atoms with van der Waals surface area (Å²) in [7, 11) is 0. The van der Waals surface area contributed by atoms with Gasteiger partial charge in [0.15, 0.2) is 0 Å². The lowest BCUT2D eigenvalue weighted by atomic mass is 10.2. The number of benzene rings is 2. The first kappa shape index (κ1) is 27.6. The molecular formula is C27H35FN4O3. The van der Waals surface area contributed by atoms with Crippen molar-refractivity contribution < 1.29 is 18.7 Å². The normalized spacial score (nSPS) is 11.9. The monoisotopic (exact) mass is 482 g/mol. The quantitative estimate of drug-likeness (QED) is 0.243. The number of carbonyl (C=O) groups is 2. The molecular weight excluding hydrogens is 447 g/mol. The predicted molar refractivity (Wildman–Crippen MR) is 140 cm³/mol. The van der Waals surface area contributed by atoms with Gasteiger partial charge in [-0.05, 0) is 62.7 Å². The first-order valence-electron chi connectivity index (χ1n) is 11.8. The summed E-state index contributed by atoms with van der Waals surface area (Å²) in [6.45, 7) is 12.0. The van der Waals surface area contributed by atoms with Gasteiger partial charge in [0.2, 0.25) is 11.8 Å². The van der Waals surface area contributed by atoms with E-state index < -0.39 is 11.7 Å². The van der Waals surface area contributed by atoms with Crippen LogP contribution >= 0.6 is 0 Å². The largest absolute Gasteiger partial charge is 0.493 e. The molecule has 0 saturated carbocycles. The van der Waals surface area contributed by atoms with Gasteiger partial charge in [0.05, 0.1) is 11.8 Å². The van der Waals surface area contributed by atoms with Crippen molar-refractivity contribution in [1.29, 1.82) is 0 Å². The maximum atomic E-state index is 15.0. The maximum absolute atomic E-state index is 15.0. The van der Waals surface area contributed by atoms with Gasteiger partial charge in [0.25, 0.3) is 0 Å². The highest BCUT2D eigenvalue weighted by Crippen LogP contribution is 2.16. The second kappa shape index (κ2) is 13.9. The van der Waals surface area contributed by atoms with E-state index in [2.05, 4.69) is 34.4 Å². The highest BCUT2D eigenvalue weighted by Gasteiger charge is 2.11. The number of hydrogen-bond acceptors (Lipinski definition) is 5. The third-order valence-electron chi connectivity index (χ3n) is 4.86. The maximum Gasteiger partial charge on any atom is 0.233 e. The Morgan fingerprint density at radius 1 is 1.09 bits per heavy atom. The van der Waals surface area contributed by atoms with Crippen LogP contribution in [0.1, 0.15) is 53.4 Å².